The van der Waals surface area contributed by atoms with E-state index >= 15 is 0 Å². The molecule has 0 atom stereocenters. The fourth-order valence-electron chi connectivity index (χ4n) is 1.50. The van der Waals surface area contributed by atoms with Crippen LogP contribution < -0.4 is 5.32 Å². The van der Waals surface area contributed by atoms with E-state index in [0.29, 0.717) is 5.82 Å². The SMILES string of the molecule is O=C(NCc1ncc[nH]1)c1cc(F)ccc1[N+](=O)[O-]. The van der Waals surface area contributed by atoms with E-state index in [1.807, 2.05) is 0 Å². The van der Waals surface area contributed by atoms with Crippen LogP contribution in [0.1, 0.15) is 16.2 Å². The average Bonchev–Trinajstić information content (AvgIpc) is 2.88. The van der Waals surface area contributed by atoms with Gasteiger partial charge in [-0.1, -0.05) is 0 Å². The third-order valence-corrected chi connectivity index (χ3v) is 2.37. The minimum atomic E-state index is -0.735. The van der Waals surface area contributed by atoms with E-state index in [0.717, 1.165) is 18.2 Å². The molecule has 19 heavy (non-hydrogen) atoms. The minimum Gasteiger partial charge on any atom is -0.347 e. The predicted octanol–water partition coefficient (Wildman–Crippen LogP) is 1.39. The fourth-order valence-corrected chi connectivity index (χ4v) is 1.50. The van der Waals surface area contributed by atoms with E-state index in [1.54, 1.807) is 6.20 Å². The molecule has 0 saturated heterocycles. The van der Waals surface area contributed by atoms with Crippen molar-refractivity contribution in [3.8, 4) is 0 Å². The van der Waals surface area contributed by atoms with Crippen molar-refractivity contribution in [3.05, 3.63) is 57.9 Å². The topological polar surface area (TPSA) is 101 Å². The lowest BCUT2D eigenvalue weighted by Crippen LogP contribution is -2.24. The Balaban J connectivity index is 2.18. The van der Waals surface area contributed by atoms with Gasteiger partial charge in [0, 0.05) is 18.5 Å². The summed E-state index contributed by atoms with van der Waals surface area (Å²) >= 11 is 0. The highest BCUT2D eigenvalue weighted by Crippen LogP contribution is 2.19. The number of nitrogens with one attached hydrogen (secondary N) is 2. The Morgan fingerprint density at radius 2 is 2.32 bits per heavy atom. The summed E-state index contributed by atoms with van der Waals surface area (Å²) in [4.78, 5) is 28.5. The lowest BCUT2D eigenvalue weighted by Gasteiger charge is -2.04. The molecule has 98 valence electrons. The van der Waals surface area contributed by atoms with Crippen molar-refractivity contribution in [1.82, 2.24) is 15.3 Å². The molecule has 7 nitrogen and oxygen atoms in total. The van der Waals surface area contributed by atoms with Crippen LogP contribution in [-0.4, -0.2) is 20.8 Å². The van der Waals surface area contributed by atoms with E-state index in [2.05, 4.69) is 15.3 Å². The van der Waals surface area contributed by atoms with Crippen LogP contribution in [0.5, 0.6) is 0 Å². The van der Waals surface area contributed by atoms with Crippen LogP contribution in [0.15, 0.2) is 30.6 Å². The Labute approximate surface area is 106 Å². The highest BCUT2D eigenvalue weighted by Gasteiger charge is 2.20. The van der Waals surface area contributed by atoms with Crippen molar-refractivity contribution in [1.29, 1.82) is 0 Å². The number of benzene rings is 1. The number of nitrogens with zero attached hydrogens (tertiary/aromatic N) is 2. The fraction of sp³-hybridized carbons (Fsp3) is 0.0909. The van der Waals surface area contributed by atoms with Crippen LogP contribution in [0.4, 0.5) is 10.1 Å². The number of aromatic nitrogens is 2. The molecule has 1 aromatic heterocycles. The maximum absolute atomic E-state index is 13.1. The third kappa shape index (κ3) is 2.92. The first kappa shape index (κ1) is 12.7. The van der Waals surface area contributed by atoms with Crippen LogP contribution in [0.2, 0.25) is 0 Å². The number of H-pyrrole nitrogens is 1. The second kappa shape index (κ2) is 5.25. The Hall–Kier alpha value is -2.77. The molecule has 0 unspecified atom stereocenters. The standard InChI is InChI=1S/C11H9FN4O3/c12-7-1-2-9(16(18)19)8(5-7)11(17)15-6-10-13-3-4-14-10/h1-5H,6H2,(H,13,14)(H,15,17). The van der Waals surface area contributed by atoms with E-state index in [9.17, 15) is 19.3 Å². The van der Waals surface area contributed by atoms with Crippen LogP contribution in [-0.2, 0) is 6.54 Å². The molecule has 2 rings (SSSR count). The van der Waals surface area contributed by atoms with Crippen LogP contribution >= 0.6 is 0 Å². The zero-order valence-corrected chi connectivity index (χ0v) is 9.59. The molecule has 1 heterocycles. The van der Waals surface area contributed by atoms with Crippen molar-refractivity contribution in [3.63, 3.8) is 0 Å². The van der Waals surface area contributed by atoms with Crippen molar-refractivity contribution in [2.45, 2.75) is 6.54 Å². The van der Waals surface area contributed by atoms with Crippen LogP contribution in [0.25, 0.3) is 0 Å². The lowest BCUT2D eigenvalue weighted by molar-refractivity contribution is -0.385. The Bertz CT molecular complexity index is 612. The van der Waals surface area contributed by atoms with Crippen LogP contribution in [0.3, 0.4) is 0 Å². The van der Waals surface area contributed by atoms with Crippen LogP contribution in [0, 0.1) is 15.9 Å². The second-order valence-corrected chi connectivity index (χ2v) is 3.64. The lowest BCUT2D eigenvalue weighted by atomic mass is 10.1. The molecule has 1 aromatic carbocycles. The van der Waals surface area contributed by atoms with Gasteiger partial charge in [0.05, 0.1) is 11.5 Å². The predicted molar refractivity (Wildman–Crippen MR) is 62.8 cm³/mol. The maximum Gasteiger partial charge on any atom is 0.282 e. The van der Waals surface area contributed by atoms with Gasteiger partial charge in [0.2, 0.25) is 0 Å². The van der Waals surface area contributed by atoms with Gasteiger partial charge in [-0.2, -0.15) is 0 Å². The Morgan fingerprint density at radius 3 is 2.95 bits per heavy atom. The van der Waals surface area contributed by atoms with Gasteiger partial charge >= 0.3 is 0 Å². The smallest absolute Gasteiger partial charge is 0.282 e. The summed E-state index contributed by atoms with van der Waals surface area (Å²) in [5, 5.41) is 13.2. The summed E-state index contributed by atoms with van der Waals surface area (Å²) in [6, 6.07) is 2.72. The third-order valence-electron chi connectivity index (χ3n) is 2.37. The molecule has 1 amide bonds. The van der Waals surface area contributed by atoms with Gasteiger partial charge in [-0.05, 0) is 12.1 Å². The summed E-state index contributed by atoms with van der Waals surface area (Å²) in [5.41, 5.74) is -0.769. The van der Waals surface area contributed by atoms with Gasteiger partial charge < -0.3 is 10.3 Å². The summed E-state index contributed by atoms with van der Waals surface area (Å²) in [6.07, 6.45) is 3.08. The average molecular weight is 264 g/mol. The summed E-state index contributed by atoms with van der Waals surface area (Å²) in [7, 11) is 0. The molecule has 0 radical (unpaired) electrons. The first-order valence-electron chi connectivity index (χ1n) is 5.28. The van der Waals surface area contributed by atoms with Gasteiger partial charge in [0.1, 0.15) is 17.2 Å². The molecule has 2 aromatic rings. The van der Waals surface area contributed by atoms with E-state index < -0.39 is 22.3 Å². The monoisotopic (exact) mass is 264 g/mol. The number of carbonyl (C=O) groups is 1. The number of imidazole rings is 1. The van der Waals surface area contributed by atoms with E-state index in [1.165, 1.54) is 6.20 Å². The number of hydrogen-bond donors (Lipinski definition) is 2. The van der Waals surface area contributed by atoms with Gasteiger partial charge in [-0.15, -0.1) is 0 Å². The first-order chi connectivity index (χ1) is 9.08. The summed E-state index contributed by atoms with van der Waals surface area (Å²) < 4.78 is 13.1. The highest BCUT2D eigenvalue weighted by atomic mass is 19.1. The van der Waals surface area contributed by atoms with Gasteiger partial charge in [0.25, 0.3) is 11.6 Å². The van der Waals surface area contributed by atoms with Gasteiger partial charge in [-0.25, -0.2) is 9.37 Å². The summed E-state index contributed by atoms with van der Waals surface area (Å²) in [5.74, 6) is -0.955. The number of carbonyl (C=O) groups excluding carboxylic acids is 1. The Kier molecular flexibility index (Phi) is 3.51. The van der Waals surface area contributed by atoms with Crippen molar-refractivity contribution in [2.75, 3.05) is 0 Å². The maximum atomic E-state index is 13.1. The number of aromatic amines is 1. The second-order valence-electron chi connectivity index (χ2n) is 3.64. The minimum absolute atomic E-state index is 0.0689. The first-order valence-corrected chi connectivity index (χ1v) is 5.28. The number of halogens is 1. The van der Waals surface area contributed by atoms with E-state index in [-0.39, 0.29) is 12.1 Å². The molecule has 0 spiro atoms. The number of hydrogen-bond acceptors (Lipinski definition) is 4. The van der Waals surface area contributed by atoms with Crippen molar-refractivity contribution < 1.29 is 14.1 Å². The Morgan fingerprint density at radius 1 is 1.53 bits per heavy atom. The number of nitro groups is 1. The largest absolute Gasteiger partial charge is 0.347 e. The number of nitro benzene ring substituents is 1. The van der Waals surface area contributed by atoms with E-state index in [4.69, 9.17) is 0 Å². The quantitative estimate of drug-likeness (QED) is 0.643. The zero-order valence-electron chi connectivity index (χ0n) is 9.59. The normalized spacial score (nSPS) is 10.2. The van der Waals surface area contributed by atoms with Crippen molar-refractivity contribution >= 4 is 11.6 Å². The molecule has 8 heteroatoms. The molecule has 0 aliphatic heterocycles. The molecule has 0 saturated carbocycles. The zero-order chi connectivity index (χ0) is 13.8. The van der Waals surface area contributed by atoms with Gasteiger partial charge in [-0.3, -0.25) is 14.9 Å². The summed E-state index contributed by atoms with van der Waals surface area (Å²) in [6.45, 7) is 0.0689. The highest BCUT2D eigenvalue weighted by molar-refractivity contribution is 5.98. The molecule has 0 fully saturated rings. The van der Waals surface area contributed by atoms with Crippen molar-refractivity contribution in [2.24, 2.45) is 0 Å². The molecular weight excluding hydrogens is 255 g/mol. The molecule has 2 N–H and O–H groups in total. The number of rotatable bonds is 4. The molecular formula is C11H9FN4O3. The molecule has 0 bridgehead atoms. The molecule has 0 aliphatic carbocycles. The number of amides is 1. The van der Waals surface area contributed by atoms with Gasteiger partial charge in [0.15, 0.2) is 0 Å². The molecule has 0 aliphatic rings.